The lowest BCUT2D eigenvalue weighted by Gasteiger charge is -1.87. The molecule has 0 spiro atoms. The molecule has 0 radical (unpaired) electrons. The van der Waals surface area contributed by atoms with Crippen LogP contribution in [0.5, 0.6) is 5.75 Å². The van der Waals surface area contributed by atoms with E-state index in [2.05, 4.69) is 9.97 Å². The van der Waals surface area contributed by atoms with Crippen molar-refractivity contribution in [2.45, 2.75) is 34.6 Å². The minimum absolute atomic E-state index is 0.107. The van der Waals surface area contributed by atoms with Crippen LogP contribution in [0.1, 0.15) is 33.5 Å². The highest BCUT2D eigenvalue weighted by atomic mass is 16.3. The zero-order valence-corrected chi connectivity index (χ0v) is 8.50. The molecule has 1 N–H and O–H groups in total. The molecule has 0 aromatic carbocycles. The van der Waals surface area contributed by atoms with Crippen molar-refractivity contribution in [1.82, 2.24) is 9.97 Å². The summed E-state index contributed by atoms with van der Waals surface area (Å²) < 4.78 is 0. The van der Waals surface area contributed by atoms with Crippen LogP contribution in [0.3, 0.4) is 0 Å². The summed E-state index contributed by atoms with van der Waals surface area (Å²) in [6.07, 6.45) is 2.73. The van der Waals surface area contributed by atoms with Gasteiger partial charge in [0.05, 0.1) is 12.4 Å². The fourth-order valence-electron chi connectivity index (χ4n) is 0.386. The number of nitrogens with zero attached hydrogens (tertiary/aromatic N) is 2. The Balaban J connectivity index is 0. The number of aromatic hydroxyl groups is 1. The molecule has 0 saturated carbocycles. The third-order valence-electron chi connectivity index (χ3n) is 0.767. The molecule has 3 heteroatoms. The minimum atomic E-state index is 0.107. The van der Waals surface area contributed by atoms with Crippen LogP contribution in [0.4, 0.5) is 0 Å². The monoisotopic (exact) mass is 170 g/mol. The molecule has 0 bridgehead atoms. The van der Waals surface area contributed by atoms with Crippen LogP contribution in [-0.2, 0) is 0 Å². The Hall–Kier alpha value is -1.12. The number of hydrogen-bond acceptors (Lipinski definition) is 3. The molecule has 0 saturated heterocycles. The van der Waals surface area contributed by atoms with Crippen molar-refractivity contribution in [3.05, 3.63) is 18.2 Å². The second-order valence-corrected chi connectivity index (χ2v) is 1.49. The van der Waals surface area contributed by atoms with Gasteiger partial charge >= 0.3 is 0 Å². The lowest BCUT2D eigenvalue weighted by Crippen LogP contribution is -1.82. The maximum atomic E-state index is 8.63. The van der Waals surface area contributed by atoms with Gasteiger partial charge in [0.25, 0.3) is 0 Å². The molecule has 1 heterocycles. The Morgan fingerprint density at radius 3 is 1.58 bits per heavy atom. The fraction of sp³-hybridized carbons (Fsp3) is 0.556. The van der Waals surface area contributed by atoms with Crippen LogP contribution >= 0.6 is 0 Å². The van der Waals surface area contributed by atoms with Crippen LogP contribution < -0.4 is 0 Å². The molecule has 0 atom stereocenters. The second-order valence-electron chi connectivity index (χ2n) is 1.49. The maximum Gasteiger partial charge on any atom is 0.152 e. The van der Waals surface area contributed by atoms with Gasteiger partial charge in [-0.15, -0.1) is 0 Å². The van der Waals surface area contributed by atoms with Crippen molar-refractivity contribution >= 4 is 0 Å². The third kappa shape index (κ3) is 6.99. The first-order chi connectivity index (χ1) is 5.79. The molecule has 1 rings (SSSR count). The number of rotatable bonds is 0. The van der Waals surface area contributed by atoms with Crippen LogP contribution in [0.25, 0.3) is 0 Å². The predicted octanol–water partition coefficient (Wildman–Crippen LogP) is 2.54. The highest BCUT2D eigenvalue weighted by Crippen LogP contribution is 1.99. The van der Waals surface area contributed by atoms with E-state index in [1.807, 2.05) is 27.7 Å². The van der Waals surface area contributed by atoms with Crippen LogP contribution in [-0.4, -0.2) is 15.1 Å². The Morgan fingerprint density at radius 1 is 1.00 bits per heavy atom. The van der Waals surface area contributed by atoms with Crippen molar-refractivity contribution in [2.24, 2.45) is 0 Å². The summed E-state index contributed by atoms with van der Waals surface area (Å²) in [5.41, 5.74) is 0. The molecule has 0 aliphatic rings. The topological polar surface area (TPSA) is 46.0 Å². The largest absolute Gasteiger partial charge is 0.505 e. The Kier molecular flexibility index (Phi) is 11.1. The van der Waals surface area contributed by atoms with E-state index in [1.165, 1.54) is 12.4 Å². The fourth-order valence-corrected chi connectivity index (χ4v) is 0.386. The van der Waals surface area contributed by atoms with Crippen molar-refractivity contribution in [1.29, 1.82) is 0 Å². The highest BCUT2D eigenvalue weighted by Gasteiger charge is 1.84. The molecule has 12 heavy (non-hydrogen) atoms. The summed E-state index contributed by atoms with van der Waals surface area (Å²) in [6.45, 7) is 9.76. The zero-order valence-electron chi connectivity index (χ0n) is 8.50. The van der Waals surface area contributed by atoms with E-state index in [1.54, 1.807) is 6.92 Å². The van der Waals surface area contributed by atoms with E-state index < -0.39 is 0 Å². The van der Waals surface area contributed by atoms with E-state index in [4.69, 9.17) is 5.11 Å². The standard InChI is InChI=1S/C5H6N2O.2C2H6/c1-4-6-2-5(8)3-7-4;2*1-2/h2-3,8H,1H3;2*1-2H3. The molecule has 70 valence electrons. The Bertz CT molecular complexity index is 151. The summed E-state index contributed by atoms with van der Waals surface area (Å²) >= 11 is 0. The summed E-state index contributed by atoms with van der Waals surface area (Å²) in [4.78, 5) is 7.44. The lowest BCUT2D eigenvalue weighted by molar-refractivity contribution is 0.469. The predicted molar refractivity (Wildman–Crippen MR) is 51.1 cm³/mol. The first-order valence-electron chi connectivity index (χ1n) is 4.26. The van der Waals surface area contributed by atoms with E-state index in [0.29, 0.717) is 5.82 Å². The van der Waals surface area contributed by atoms with Crippen LogP contribution in [0.15, 0.2) is 12.4 Å². The average molecular weight is 170 g/mol. The molecule has 0 unspecified atom stereocenters. The molecule has 1 aromatic rings. The molecule has 0 aliphatic carbocycles. The third-order valence-corrected chi connectivity index (χ3v) is 0.767. The molecular formula is C9H18N2O. The van der Waals surface area contributed by atoms with Gasteiger partial charge in [-0.3, -0.25) is 0 Å². The second kappa shape index (κ2) is 9.88. The Morgan fingerprint density at radius 2 is 1.33 bits per heavy atom. The van der Waals surface area contributed by atoms with Gasteiger partial charge in [-0.25, -0.2) is 9.97 Å². The first-order valence-corrected chi connectivity index (χ1v) is 4.26. The van der Waals surface area contributed by atoms with Gasteiger partial charge in [0, 0.05) is 0 Å². The Labute approximate surface area is 74.5 Å². The molecule has 0 aliphatic heterocycles. The summed E-state index contributed by atoms with van der Waals surface area (Å²) in [6, 6.07) is 0. The van der Waals surface area contributed by atoms with Crippen LogP contribution in [0, 0.1) is 6.92 Å². The van der Waals surface area contributed by atoms with Gasteiger partial charge in [0.15, 0.2) is 5.75 Å². The number of aryl methyl sites for hydroxylation is 1. The van der Waals surface area contributed by atoms with Crippen molar-refractivity contribution in [3.8, 4) is 5.75 Å². The zero-order chi connectivity index (χ0) is 9.98. The van der Waals surface area contributed by atoms with Gasteiger partial charge in [-0.1, -0.05) is 27.7 Å². The maximum absolute atomic E-state index is 8.63. The normalized spacial score (nSPS) is 7.08. The van der Waals surface area contributed by atoms with Crippen molar-refractivity contribution in [2.75, 3.05) is 0 Å². The molecule has 0 amide bonds. The smallest absolute Gasteiger partial charge is 0.152 e. The first kappa shape index (κ1) is 13.5. The molecule has 1 aromatic heterocycles. The highest BCUT2D eigenvalue weighted by molar-refractivity contribution is 5.08. The van der Waals surface area contributed by atoms with Gasteiger partial charge in [0.1, 0.15) is 5.82 Å². The molecule has 0 fully saturated rings. The summed E-state index contributed by atoms with van der Waals surface area (Å²) in [5, 5.41) is 8.63. The van der Waals surface area contributed by atoms with Gasteiger partial charge in [-0.05, 0) is 6.92 Å². The van der Waals surface area contributed by atoms with Gasteiger partial charge in [0.2, 0.25) is 0 Å². The number of aromatic nitrogens is 2. The SMILES string of the molecule is CC.CC.Cc1ncc(O)cn1. The van der Waals surface area contributed by atoms with E-state index in [-0.39, 0.29) is 5.75 Å². The number of hydrogen-bond donors (Lipinski definition) is 1. The summed E-state index contributed by atoms with van der Waals surface area (Å²) in [5.74, 6) is 0.776. The van der Waals surface area contributed by atoms with Crippen LogP contribution in [0.2, 0.25) is 0 Å². The average Bonchev–Trinajstić information content (AvgIpc) is 2.17. The lowest BCUT2D eigenvalue weighted by atomic mass is 10.6. The van der Waals surface area contributed by atoms with Crippen molar-refractivity contribution in [3.63, 3.8) is 0 Å². The van der Waals surface area contributed by atoms with E-state index >= 15 is 0 Å². The van der Waals surface area contributed by atoms with E-state index in [0.717, 1.165) is 0 Å². The molecule has 3 nitrogen and oxygen atoms in total. The minimum Gasteiger partial charge on any atom is -0.505 e. The van der Waals surface area contributed by atoms with Gasteiger partial charge < -0.3 is 5.11 Å². The molecular weight excluding hydrogens is 152 g/mol. The summed E-state index contributed by atoms with van der Waals surface area (Å²) in [7, 11) is 0. The quantitative estimate of drug-likeness (QED) is 0.650. The van der Waals surface area contributed by atoms with E-state index in [9.17, 15) is 0 Å². The van der Waals surface area contributed by atoms with Crippen molar-refractivity contribution < 1.29 is 5.11 Å². The van der Waals surface area contributed by atoms with Gasteiger partial charge in [-0.2, -0.15) is 0 Å².